The summed E-state index contributed by atoms with van der Waals surface area (Å²) in [5, 5.41) is 3.40. The van der Waals surface area contributed by atoms with Crippen molar-refractivity contribution in [2.45, 2.75) is 19.9 Å². The molecule has 5 nitrogen and oxygen atoms in total. The van der Waals surface area contributed by atoms with Gasteiger partial charge in [0.2, 0.25) is 0 Å². The Labute approximate surface area is 203 Å². The number of nitrogens with one attached hydrogen (secondary N) is 1. The van der Waals surface area contributed by atoms with Gasteiger partial charge in [-0.1, -0.05) is 41.9 Å². The highest BCUT2D eigenvalue weighted by atomic mass is 35.5. The van der Waals surface area contributed by atoms with Crippen molar-refractivity contribution in [1.82, 2.24) is 4.90 Å². The van der Waals surface area contributed by atoms with Gasteiger partial charge in [0.1, 0.15) is 11.5 Å². The molecular formula is C28H23ClN2O3. The van der Waals surface area contributed by atoms with Gasteiger partial charge in [-0.15, -0.1) is 0 Å². The molecule has 0 radical (unpaired) electrons. The van der Waals surface area contributed by atoms with E-state index in [0.717, 1.165) is 28.2 Å². The Morgan fingerprint density at radius 2 is 1.65 bits per heavy atom. The Bertz CT molecular complexity index is 1370. The van der Waals surface area contributed by atoms with Crippen LogP contribution < -0.4 is 5.32 Å². The van der Waals surface area contributed by atoms with Gasteiger partial charge < -0.3 is 14.6 Å². The largest absolute Gasteiger partial charge is 0.461 e. The number of aryl methyl sites for hydroxylation is 1. The van der Waals surface area contributed by atoms with Crippen molar-refractivity contribution in [2.75, 3.05) is 11.9 Å². The second-order valence-corrected chi connectivity index (χ2v) is 8.77. The number of rotatable bonds is 4. The monoisotopic (exact) mass is 470 g/mol. The van der Waals surface area contributed by atoms with Crippen molar-refractivity contribution in [1.29, 1.82) is 0 Å². The molecular weight excluding hydrogens is 448 g/mol. The number of carbonyl (C=O) groups is 2. The molecule has 0 bridgehead atoms. The summed E-state index contributed by atoms with van der Waals surface area (Å²) in [7, 11) is 0. The van der Waals surface area contributed by atoms with Gasteiger partial charge in [0.15, 0.2) is 0 Å². The zero-order valence-corrected chi connectivity index (χ0v) is 19.4. The van der Waals surface area contributed by atoms with Crippen molar-refractivity contribution in [3.05, 3.63) is 112 Å². The first-order chi connectivity index (χ1) is 16.5. The van der Waals surface area contributed by atoms with Gasteiger partial charge in [-0.05, 0) is 61.0 Å². The maximum atomic E-state index is 12.9. The summed E-state index contributed by atoms with van der Waals surface area (Å²) in [4.78, 5) is 27.3. The van der Waals surface area contributed by atoms with Gasteiger partial charge in [0, 0.05) is 41.9 Å². The molecule has 5 rings (SSSR count). The minimum atomic E-state index is -0.136. The summed E-state index contributed by atoms with van der Waals surface area (Å²) < 4.78 is 6.10. The molecule has 0 saturated heterocycles. The lowest BCUT2D eigenvalue weighted by Gasteiger charge is -2.26. The van der Waals surface area contributed by atoms with E-state index in [1.807, 2.05) is 73.7 Å². The fraction of sp³-hybridized carbons (Fsp3) is 0.143. The van der Waals surface area contributed by atoms with Crippen LogP contribution in [0, 0.1) is 6.92 Å². The first-order valence-corrected chi connectivity index (χ1v) is 11.5. The lowest BCUT2D eigenvalue weighted by Crippen LogP contribution is -2.35. The van der Waals surface area contributed by atoms with Gasteiger partial charge in [0.25, 0.3) is 11.8 Å². The van der Waals surface area contributed by atoms with Gasteiger partial charge >= 0.3 is 0 Å². The van der Waals surface area contributed by atoms with E-state index in [-0.39, 0.29) is 11.8 Å². The standard InChI is InChI=1S/C28H23ClN2O3/c1-18-6-2-3-7-22(18)27(32)30-21-12-10-19(11-13-21)26-16-20-17-31(15-14-25(20)34-26)28(33)23-8-4-5-9-24(23)29/h2-13,16H,14-15,17H2,1H3,(H,30,32). The van der Waals surface area contributed by atoms with E-state index in [2.05, 4.69) is 5.32 Å². The number of hydrogen-bond acceptors (Lipinski definition) is 3. The van der Waals surface area contributed by atoms with Crippen LogP contribution >= 0.6 is 11.6 Å². The van der Waals surface area contributed by atoms with E-state index < -0.39 is 0 Å². The number of furan rings is 1. The maximum absolute atomic E-state index is 12.9. The average molecular weight is 471 g/mol. The van der Waals surface area contributed by atoms with Crippen molar-refractivity contribution in [3.8, 4) is 11.3 Å². The van der Waals surface area contributed by atoms with E-state index in [9.17, 15) is 9.59 Å². The smallest absolute Gasteiger partial charge is 0.255 e. The van der Waals surface area contributed by atoms with Crippen LogP contribution in [0.4, 0.5) is 5.69 Å². The van der Waals surface area contributed by atoms with Crippen LogP contribution in [0.15, 0.2) is 83.3 Å². The highest BCUT2D eigenvalue weighted by Crippen LogP contribution is 2.31. The number of nitrogens with zero attached hydrogens (tertiary/aromatic N) is 1. The van der Waals surface area contributed by atoms with Crippen molar-refractivity contribution < 1.29 is 14.0 Å². The Morgan fingerprint density at radius 1 is 0.941 bits per heavy atom. The number of benzene rings is 3. The zero-order valence-electron chi connectivity index (χ0n) is 18.7. The summed E-state index contributed by atoms with van der Waals surface area (Å²) >= 11 is 6.22. The molecule has 1 aromatic heterocycles. The maximum Gasteiger partial charge on any atom is 0.255 e. The zero-order chi connectivity index (χ0) is 23.7. The van der Waals surface area contributed by atoms with Gasteiger partial charge in [-0.2, -0.15) is 0 Å². The minimum absolute atomic E-state index is 0.0762. The molecule has 170 valence electrons. The summed E-state index contributed by atoms with van der Waals surface area (Å²) in [6.45, 7) is 2.97. The van der Waals surface area contributed by atoms with Crippen LogP contribution in [0.25, 0.3) is 11.3 Å². The van der Waals surface area contributed by atoms with Gasteiger partial charge in [-0.3, -0.25) is 9.59 Å². The first kappa shape index (κ1) is 22.0. The fourth-order valence-corrected chi connectivity index (χ4v) is 4.41. The second kappa shape index (κ2) is 9.20. The topological polar surface area (TPSA) is 62.6 Å². The third-order valence-corrected chi connectivity index (χ3v) is 6.40. The molecule has 1 N–H and O–H groups in total. The third kappa shape index (κ3) is 4.35. The Balaban J connectivity index is 1.29. The number of halogens is 1. The van der Waals surface area contributed by atoms with Crippen LogP contribution in [-0.2, 0) is 13.0 Å². The molecule has 0 aliphatic carbocycles. The molecule has 0 fully saturated rings. The van der Waals surface area contributed by atoms with Crippen LogP contribution in [-0.4, -0.2) is 23.3 Å². The fourth-order valence-electron chi connectivity index (χ4n) is 4.20. The summed E-state index contributed by atoms with van der Waals surface area (Å²) in [5.41, 5.74) is 4.72. The second-order valence-electron chi connectivity index (χ2n) is 8.36. The molecule has 0 atom stereocenters. The number of anilines is 1. The number of hydrogen-bond donors (Lipinski definition) is 1. The Kier molecular flexibility index (Phi) is 5.95. The van der Waals surface area contributed by atoms with E-state index in [0.29, 0.717) is 41.3 Å². The predicted octanol–water partition coefficient (Wildman–Crippen LogP) is 6.36. The number of amides is 2. The predicted molar refractivity (Wildman–Crippen MR) is 133 cm³/mol. The van der Waals surface area contributed by atoms with E-state index in [1.54, 1.807) is 17.0 Å². The number of fused-ring (bicyclic) bond motifs is 1. The summed E-state index contributed by atoms with van der Waals surface area (Å²) in [5.74, 6) is 1.43. The number of carbonyl (C=O) groups excluding carboxylic acids is 2. The highest BCUT2D eigenvalue weighted by Gasteiger charge is 2.26. The van der Waals surface area contributed by atoms with Crippen LogP contribution in [0.1, 0.15) is 37.6 Å². The van der Waals surface area contributed by atoms with Crippen LogP contribution in [0.2, 0.25) is 5.02 Å². The minimum Gasteiger partial charge on any atom is -0.461 e. The van der Waals surface area contributed by atoms with Crippen molar-refractivity contribution >= 4 is 29.1 Å². The lowest BCUT2D eigenvalue weighted by atomic mass is 10.1. The molecule has 6 heteroatoms. The molecule has 1 aliphatic rings. The van der Waals surface area contributed by atoms with Crippen LogP contribution in [0.3, 0.4) is 0 Å². The van der Waals surface area contributed by atoms with E-state index in [1.165, 1.54) is 0 Å². The highest BCUT2D eigenvalue weighted by molar-refractivity contribution is 6.33. The molecule has 0 spiro atoms. The average Bonchev–Trinajstić information content (AvgIpc) is 3.28. The van der Waals surface area contributed by atoms with E-state index in [4.69, 9.17) is 16.0 Å². The normalized spacial score (nSPS) is 12.8. The van der Waals surface area contributed by atoms with Crippen molar-refractivity contribution in [2.24, 2.45) is 0 Å². The third-order valence-electron chi connectivity index (χ3n) is 6.08. The van der Waals surface area contributed by atoms with Crippen LogP contribution in [0.5, 0.6) is 0 Å². The first-order valence-electron chi connectivity index (χ1n) is 11.1. The summed E-state index contributed by atoms with van der Waals surface area (Å²) in [6, 6.07) is 24.2. The molecule has 3 aromatic carbocycles. The molecule has 0 saturated carbocycles. The molecule has 34 heavy (non-hydrogen) atoms. The van der Waals surface area contributed by atoms with Gasteiger partial charge in [0.05, 0.1) is 10.6 Å². The quantitative estimate of drug-likeness (QED) is 0.377. The van der Waals surface area contributed by atoms with Gasteiger partial charge in [-0.25, -0.2) is 0 Å². The molecule has 2 heterocycles. The Morgan fingerprint density at radius 3 is 2.38 bits per heavy atom. The molecule has 0 unspecified atom stereocenters. The van der Waals surface area contributed by atoms with E-state index >= 15 is 0 Å². The summed E-state index contributed by atoms with van der Waals surface area (Å²) in [6.07, 6.45) is 0.649. The molecule has 1 aliphatic heterocycles. The molecule has 2 amide bonds. The van der Waals surface area contributed by atoms with Crippen molar-refractivity contribution in [3.63, 3.8) is 0 Å². The lowest BCUT2D eigenvalue weighted by molar-refractivity contribution is 0.0730. The Hall–Kier alpha value is -3.83. The SMILES string of the molecule is Cc1ccccc1C(=O)Nc1ccc(-c2cc3c(o2)CCN(C(=O)c2ccccc2Cl)C3)cc1. The molecule has 4 aromatic rings.